The number of hydrogen-bond donors (Lipinski definition) is 1. The van der Waals surface area contributed by atoms with Crippen LogP contribution < -0.4 is 5.32 Å². The minimum Gasteiger partial charge on any atom is -0.465 e. The van der Waals surface area contributed by atoms with E-state index in [-0.39, 0.29) is 10.5 Å². The van der Waals surface area contributed by atoms with Crippen LogP contribution in [0.25, 0.3) is 0 Å². The summed E-state index contributed by atoms with van der Waals surface area (Å²) in [5.74, 6) is -0.925. The molecule has 0 radical (unpaired) electrons. The first-order chi connectivity index (χ1) is 14.8. The maximum Gasteiger partial charge on any atom is 0.338 e. The van der Waals surface area contributed by atoms with E-state index < -0.39 is 21.9 Å². The van der Waals surface area contributed by atoms with Crippen LogP contribution in [0.3, 0.4) is 0 Å². The summed E-state index contributed by atoms with van der Waals surface area (Å²) in [4.78, 5) is 25.0. The van der Waals surface area contributed by atoms with E-state index in [1.807, 2.05) is 0 Å². The number of amides is 1. The zero-order chi connectivity index (χ0) is 22.6. The Labute approximate surface area is 183 Å². The lowest BCUT2D eigenvalue weighted by atomic mass is 10.1. The van der Waals surface area contributed by atoms with Crippen LogP contribution in [0.15, 0.2) is 41.3 Å². The van der Waals surface area contributed by atoms with Crippen molar-refractivity contribution in [2.45, 2.75) is 44.4 Å². The fourth-order valence-electron chi connectivity index (χ4n) is 3.73. The lowest BCUT2D eigenvalue weighted by Crippen LogP contribution is -2.32. The maximum atomic E-state index is 13.1. The van der Waals surface area contributed by atoms with Gasteiger partial charge in [0.1, 0.15) is 0 Å². The Kier molecular flexibility index (Phi) is 7.12. The molecule has 8 heteroatoms. The number of methoxy groups -OCH3 is 1. The topological polar surface area (TPSA) is 92.8 Å². The molecule has 1 amide bonds. The number of aryl methyl sites for hydroxylation is 1. The molecule has 1 aliphatic heterocycles. The molecule has 2 aromatic rings. The summed E-state index contributed by atoms with van der Waals surface area (Å²) in [5.41, 5.74) is 2.34. The quantitative estimate of drug-likeness (QED) is 0.706. The molecule has 1 fully saturated rings. The molecule has 166 valence electrons. The second-order valence-electron chi connectivity index (χ2n) is 7.72. The van der Waals surface area contributed by atoms with Crippen LogP contribution in [0.4, 0.5) is 5.69 Å². The standard InChI is InChI=1S/C23H28N2O5S/c1-16-11-12-18(31(28,29)25-13-6-4-5-7-14-25)15-20(16)22(26)24-21-10-8-9-19(17(21)2)23(27)30-3/h8-12,15H,4-7,13-14H2,1-3H3,(H,24,26). The Balaban J connectivity index is 1.90. The van der Waals surface area contributed by atoms with Gasteiger partial charge >= 0.3 is 5.97 Å². The van der Waals surface area contributed by atoms with Crippen molar-refractivity contribution in [1.82, 2.24) is 4.31 Å². The average molecular weight is 445 g/mol. The highest BCUT2D eigenvalue weighted by molar-refractivity contribution is 7.89. The van der Waals surface area contributed by atoms with E-state index in [9.17, 15) is 18.0 Å². The van der Waals surface area contributed by atoms with Gasteiger partial charge < -0.3 is 10.1 Å². The van der Waals surface area contributed by atoms with Gasteiger partial charge in [-0.15, -0.1) is 0 Å². The number of ether oxygens (including phenoxy) is 1. The number of nitrogens with zero attached hydrogens (tertiary/aromatic N) is 1. The third-order valence-electron chi connectivity index (χ3n) is 5.64. The highest BCUT2D eigenvalue weighted by atomic mass is 32.2. The summed E-state index contributed by atoms with van der Waals surface area (Å²) in [6, 6.07) is 9.60. The smallest absolute Gasteiger partial charge is 0.338 e. The van der Waals surface area contributed by atoms with Gasteiger partial charge in [0.2, 0.25) is 10.0 Å². The molecule has 0 aliphatic carbocycles. The molecule has 1 heterocycles. The molecular formula is C23H28N2O5S. The molecule has 0 unspecified atom stereocenters. The largest absolute Gasteiger partial charge is 0.465 e. The zero-order valence-electron chi connectivity index (χ0n) is 18.1. The molecule has 0 spiro atoms. The van der Waals surface area contributed by atoms with E-state index in [1.165, 1.54) is 17.5 Å². The van der Waals surface area contributed by atoms with E-state index in [2.05, 4.69) is 5.32 Å². The van der Waals surface area contributed by atoms with Gasteiger partial charge in [0.15, 0.2) is 0 Å². The number of sulfonamides is 1. The number of esters is 1. The van der Waals surface area contributed by atoms with Gasteiger partial charge in [0.25, 0.3) is 5.91 Å². The lowest BCUT2D eigenvalue weighted by molar-refractivity contribution is 0.0599. The van der Waals surface area contributed by atoms with Gasteiger partial charge in [0.05, 0.1) is 17.6 Å². The number of anilines is 1. The van der Waals surface area contributed by atoms with Crippen LogP contribution >= 0.6 is 0 Å². The molecule has 1 aliphatic rings. The molecule has 0 saturated carbocycles. The highest BCUT2D eigenvalue weighted by Crippen LogP contribution is 2.25. The average Bonchev–Trinajstić information content (AvgIpc) is 3.05. The number of rotatable bonds is 5. The van der Waals surface area contributed by atoms with Crippen molar-refractivity contribution in [3.63, 3.8) is 0 Å². The molecule has 0 atom stereocenters. The highest BCUT2D eigenvalue weighted by Gasteiger charge is 2.26. The molecule has 3 rings (SSSR count). The Morgan fingerprint density at radius 1 is 0.968 bits per heavy atom. The van der Waals surface area contributed by atoms with Crippen LogP contribution in [0, 0.1) is 13.8 Å². The van der Waals surface area contributed by atoms with E-state index in [1.54, 1.807) is 44.2 Å². The molecule has 1 saturated heterocycles. The van der Waals surface area contributed by atoms with Crippen molar-refractivity contribution in [1.29, 1.82) is 0 Å². The maximum absolute atomic E-state index is 13.1. The van der Waals surface area contributed by atoms with Gasteiger partial charge in [-0.05, 0) is 62.1 Å². The predicted molar refractivity (Wildman–Crippen MR) is 119 cm³/mol. The van der Waals surface area contributed by atoms with Crippen molar-refractivity contribution in [3.8, 4) is 0 Å². The SMILES string of the molecule is COC(=O)c1cccc(NC(=O)c2cc(S(=O)(=O)N3CCCCCC3)ccc2C)c1C. The fourth-order valence-corrected chi connectivity index (χ4v) is 5.27. The molecule has 1 N–H and O–H groups in total. The molecule has 2 aromatic carbocycles. The number of hydrogen-bond acceptors (Lipinski definition) is 5. The van der Waals surface area contributed by atoms with Gasteiger partial charge in [0, 0.05) is 24.3 Å². The van der Waals surface area contributed by atoms with Crippen LogP contribution in [0.5, 0.6) is 0 Å². The van der Waals surface area contributed by atoms with Crippen molar-refractivity contribution in [3.05, 3.63) is 58.7 Å². The van der Waals surface area contributed by atoms with Gasteiger partial charge in [-0.2, -0.15) is 4.31 Å². The monoisotopic (exact) mass is 444 g/mol. The second-order valence-corrected chi connectivity index (χ2v) is 9.66. The molecule has 0 aromatic heterocycles. The Hall–Kier alpha value is -2.71. The van der Waals surface area contributed by atoms with Gasteiger partial charge in [-0.1, -0.05) is 25.0 Å². The number of benzene rings is 2. The Bertz CT molecular complexity index is 1090. The minimum absolute atomic E-state index is 0.116. The number of nitrogens with one attached hydrogen (secondary N) is 1. The first-order valence-electron chi connectivity index (χ1n) is 10.4. The normalized spacial score (nSPS) is 15.2. The summed E-state index contributed by atoms with van der Waals surface area (Å²) in [5, 5.41) is 2.80. The van der Waals surface area contributed by atoms with Crippen LogP contribution in [0.1, 0.15) is 57.5 Å². The molecule has 31 heavy (non-hydrogen) atoms. The van der Waals surface area contributed by atoms with Crippen molar-refractivity contribution in [2.24, 2.45) is 0 Å². The summed E-state index contributed by atoms with van der Waals surface area (Å²) in [7, 11) is -2.37. The third kappa shape index (κ3) is 4.97. The molecule has 0 bridgehead atoms. The zero-order valence-corrected chi connectivity index (χ0v) is 18.9. The number of carbonyl (C=O) groups is 2. The Morgan fingerprint density at radius 2 is 1.65 bits per heavy atom. The summed E-state index contributed by atoms with van der Waals surface area (Å²) >= 11 is 0. The number of carbonyl (C=O) groups excluding carboxylic acids is 2. The molecular weight excluding hydrogens is 416 g/mol. The summed E-state index contributed by atoms with van der Waals surface area (Å²) in [6.07, 6.45) is 3.73. The van der Waals surface area contributed by atoms with Crippen molar-refractivity contribution < 1.29 is 22.7 Å². The first kappa shape index (κ1) is 23.0. The predicted octanol–water partition coefficient (Wildman–Crippen LogP) is 3.91. The third-order valence-corrected chi connectivity index (χ3v) is 7.54. The van der Waals surface area contributed by atoms with Crippen molar-refractivity contribution >= 4 is 27.6 Å². The van der Waals surface area contributed by atoms with E-state index in [4.69, 9.17) is 4.74 Å². The fraction of sp³-hybridized carbons (Fsp3) is 0.391. The van der Waals surface area contributed by atoms with Gasteiger partial charge in [-0.25, -0.2) is 13.2 Å². The second kappa shape index (κ2) is 9.62. The minimum atomic E-state index is -3.67. The van der Waals surface area contributed by atoms with E-state index in [0.29, 0.717) is 35.5 Å². The lowest BCUT2D eigenvalue weighted by Gasteiger charge is -2.20. The first-order valence-corrected chi connectivity index (χ1v) is 11.8. The van der Waals surface area contributed by atoms with Crippen LogP contribution in [-0.4, -0.2) is 44.8 Å². The Morgan fingerprint density at radius 3 is 2.29 bits per heavy atom. The summed E-state index contributed by atoms with van der Waals surface area (Å²) in [6.45, 7) is 4.47. The van der Waals surface area contributed by atoms with E-state index >= 15 is 0 Å². The van der Waals surface area contributed by atoms with E-state index in [0.717, 1.165) is 25.7 Å². The van der Waals surface area contributed by atoms with Crippen molar-refractivity contribution in [2.75, 3.05) is 25.5 Å². The molecule has 7 nitrogen and oxygen atoms in total. The van der Waals surface area contributed by atoms with Gasteiger partial charge in [-0.3, -0.25) is 4.79 Å². The summed E-state index contributed by atoms with van der Waals surface area (Å²) < 4.78 is 32.6. The van der Waals surface area contributed by atoms with Crippen LogP contribution in [0.2, 0.25) is 0 Å². The van der Waals surface area contributed by atoms with Crippen LogP contribution in [-0.2, 0) is 14.8 Å².